The summed E-state index contributed by atoms with van der Waals surface area (Å²) in [6.45, 7) is 0. The number of carboxylic acids is 1. The molecule has 0 aliphatic carbocycles. The van der Waals surface area contributed by atoms with Gasteiger partial charge in [-0.3, -0.25) is 0 Å². The molecule has 0 amide bonds. The molecule has 4 heteroatoms. The third kappa shape index (κ3) is 1.57. The fourth-order valence-electron chi connectivity index (χ4n) is 1.49. The van der Waals surface area contributed by atoms with E-state index in [0.29, 0.717) is 4.47 Å². The zero-order valence-corrected chi connectivity index (χ0v) is 9.15. The minimum absolute atomic E-state index is 0.103. The number of halogens is 1. The Hall–Kier alpha value is -1.55. The highest BCUT2D eigenvalue weighted by Gasteiger charge is 2.16. The third-order valence-corrected chi connectivity index (χ3v) is 3.00. The second-order valence-corrected chi connectivity index (χ2v) is 3.90. The lowest BCUT2D eigenvalue weighted by molar-refractivity contribution is 0.0693. The van der Waals surface area contributed by atoms with Gasteiger partial charge in [-0.1, -0.05) is 24.3 Å². The fourth-order valence-corrected chi connectivity index (χ4v) is 2.23. The molecule has 15 heavy (non-hydrogen) atoms. The van der Waals surface area contributed by atoms with Gasteiger partial charge >= 0.3 is 5.97 Å². The molecule has 0 aliphatic heterocycles. The van der Waals surface area contributed by atoms with Gasteiger partial charge in [0.2, 0.25) is 0 Å². The molecular formula is C11H7BrO3. The lowest BCUT2D eigenvalue weighted by atomic mass is 10.1. The molecule has 0 unspecified atom stereocenters. The number of carbonyl (C=O) groups is 1. The van der Waals surface area contributed by atoms with Crippen LogP contribution >= 0.6 is 15.9 Å². The van der Waals surface area contributed by atoms with Crippen molar-refractivity contribution in [3.63, 3.8) is 0 Å². The van der Waals surface area contributed by atoms with Gasteiger partial charge in [0.15, 0.2) is 0 Å². The molecule has 0 atom stereocenters. The van der Waals surface area contributed by atoms with Crippen LogP contribution in [-0.2, 0) is 0 Å². The maximum atomic E-state index is 10.9. The Bertz CT molecular complexity index is 549. The highest BCUT2D eigenvalue weighted by atomic mass is 79.9. The molecule has 0 fully saturated rings. The summed E-state index contributed by atoms with van der Waals surface area (Å²) in [7, 11) is 0. The molecule has 0 saturated heterocycles. The molecule has 0 radical (unpaired) electrons. The summed E-state index contributed by atoms with van der Waals surface area (Å²) in [6, 6.07) is 8.70. The SMILES string of the molecule is O=C(O)c1c(O)cc2ccccc2c1Br. The van der Waals surface area contributed by atoms with Gasteiger partial charge in [-0.05, 0) is 32.8 Å². The van der Waals surface area contributed by atoms with E-state index in [1.807, 2.05) is 18.2 Å². The predicted octanol–water partition coefficient (Wildman–Crippen LogP) is 3.01. The number of hydrogen-bond acceptors (Lipinski definition) is 2. The topological polar surface area (TPSA) is 57.5 Å². The van der Waals surface area contributed by atoms with Crippen LogP contribution in [0.3, 0.4) is 0 Å². The Balaban J connectivity index is 2.90. The van der Waals surface area contributed by atoms with Crippen LogP contribution in [0, 0.1) is 0 Å². The molecule has 0 aromatic heterocycles. The van der Waals surface area contributed by atoms with E-state index >= 15 is 0 Å². The third-order valence-electron chi connectivity index (χ3n) is 2.18. The molecular weight excluding hydrogens is 260 g/mol. The molecule has 3 nitrogen and oxygen atoms in total. The Morgan fingerprint density at radius 3 is 2.60 bits per heavy atom. The normalized spacial score (nSPS) is 10.5. The smallest absolute Gasteiger partial charge is 0.340 e. The van der Waals surface area contributed by atoms with Crippen LogP contribution in [-0.4, -0.2) is 16.2 Å². The summed E-state index contributed by atoms with van der Waals surface area (Å²) in [4.78, 5) is 10.9. The summed E-state index contributed by atoms with van der Waals surface area (Å²) in [5.74, 6) is -1.38. The van der Waals surface area contributed by atoms with Gasteiger partial charge in [0.05, 0.1) is 0 Å². The maximum Gasteiger partial charge on any atom is 0.340 e. The van der Waals surface area contributed by atoms with Crippen molar-refractivity contribution in [3.8, 4) is 5.75 Å². The summed E-state index contributed by atoms with van der Waals surface area (Å²) in [6.07, 6.45) is 0. The zero-order valence-electron chi connectivity index (χ0n) is 7.57. The average Bonchev–Trinajstić information content (AvgIpc) is 2.17. The van der Waals surface area contributed by atoms with Gasteiger partial charge in [-0.25, -0.2) is 4.79 Å². The highest BCUT2D eigenvalue weighted by molar-refractivity contribution is 9.10. The van der Waals surface area contributed by atoms with Gasteiger partial charge in [-0.2, -0.15) is 0 Å². The van der Waals surface area contributed by atoms with Crippen molar-refractivity contribution >= 4 is 32.7 Å². The Labute approximate surface area is 94.1 Å². The molecule has 2 aromatic rings. The first-order valence-electron chi connectivity index (χ1n) is 4.25. The van der Waals surface area contributed by atoms with E-state index in [-0.39, 0.29) is 11.3 Å². The van der Waals surface area contributed by atoms with Crippen LogP contribution in [0.5, 0.6) is 5.75 Å². The summed E-state index contributed by atoms with van der Waals surface area (Å²) >= 11 is 3.19. The second-order valence-electron chi connectivity index (χ2n) is 3.11. The van der Waals surface area contributed by atoms with E-state index in [9.17, 15) is 9.90 Å². The molecule has 0 saturated carbocycles. The van der Waals surface area contributed by atoms with Gasteiger partial charge < -0.3 is 10.2 Å². The molecule has 0 spiro atoms. The lowest BCUT2D eigenvalue weighted by Crippen LogP contribution is -1.98. The van der Waals surface area contributed by atoms with Gasteiger partial charge in [0, 0.05) is 4.47 Å². The molecule has 2 aromatic carbocycles. The van der Waals surface area contributed by atoms with Crippen LogP contribution in [0.25, 0.3) is 10.8 Å². The van der Waals surface area contributed by atoms with Crippen molar-refractivity contribution in [2.75, 3.05) is 0 Å². The second kappa shape index (κ2) is 3.55. The van der Waals surface area contributed by atoms with Crippen LogP contribution in [0.1, 0.15) is 10.4 Å². The van der Waals surface area contributed by atoms with Crippen molar-refractivity contribution in [3.05, 3.63) is 40.4 Å². The van der Waals surface area contributed by atoms with E-state index in [1.54, 1.807) is 6.07 Å². The van der Waals surface area contributed by atoms with E-state index in [2.05, 4.69) is 15.9 Å². The summed E-state index contributed by atoms with van der Waals surface area (Å²) in [5, 5.41) is 20.0. The Morgan fingerprint density at radius 1 is 1.27 bits per heavy atom. The van der Waals surface area contributed by atoms with Crippen molar-refractivity contribution < 1.29 is 15.0 Å². The van der Waals surface area contributed by atoms with Crippen LogP contribution in [0.15, 0.2) is 34.8 Å². The summed E-state index contributed by atoms with van der Waals surface area (Å²) in [5.41, 5.74) is -0.103. The van der Waals surface area contributed by atoms with Crippen molar-refractivity contribution in [2.45, 2.75) is 0 Å². The average molecular weight is 267 g/mol. The molecule has 2 rings (SSSR count). The first-order valence-corrected chi connectivity index (χ1v) is 5.04. The Kier molecular flexibility index (Phi) is 2.36. The standard InChI is InChI=1S/C11H7BrO3/c12-10-7-4-2-1-3-6(7)5-8(13)9(10)11(14)15/h1-5,13H,(H,14,15). The minimum Gasteiger partial charge on any atom is -0.507 e. The molecule has 76 valence electrons. The number of rotatable bonds is 1. The lowest BCUT2D eigenvalue weighted by Gasteiger charge is -2.06. The Morgan fingerprint density at radius 2 is 1.93 bits per heavy atom. The quantitative estimate of drug-likeness (QED) is 0.834. The van der Waals surface area contributed by atoms with E-state index in [4.69, 9.17) is 5.11 Å². The van der Waals surface area contributed by atoms with Gasteiger partial charge in [-0.15, -0.1) is 0 Å². The van der Waals surface area contributed by atoms with Gasteiger partial charge in [0.1, 0.15) is 11.3 Å². The number of aromatic hydroxyl groups is 1. The number of phenols is 1. The first-order chi connectivity index (χ1) is 7.11. The van der Waals surface area contributed by atoms with Crippen LogP contribution in [0.2, 0.25) is 0 Å². The molecule has 0 heterocycles. The zero-order chi connectivity index (χ0) is 11.0. The minimum atomic E-state index is -1.15. The van der Waals surface area contributed by atoms with Crippen LogP contribution < -0.4 is 0 Å². The summed E-state index contributed by atoms with van der Waals surface area (Å²) < 4.78 is 0.408. The number of fused-ring (bicyclic) bond motifs is 1. The predicted molar refractivity (Wildman–Crippen MR) is 60.3 cm³/mol. The first kappa shape index (κ1) is 9.98. The van der Waals surface area contributed by atoms with E-state index in [0.717, 1.165) is 10.8 Å². The van der Waals surface area contributed by atoms with Crippen molar-refractivity contribution in [1.82, 2.24) is 0 Å². The fraction of sp³-hybridized carbons (Fsp3) is 0. The monoisotopic (exact) mass is 266 g/mol. The van der Waals surface area contributed by atoms with Gasteiger partial charge in [0.25, 0.3) is 0 Å². The van der Waals surface area contributed by atoms with E-state index in [1.165, 1.54) is 6.07 Å². The number of hydrogen-bond donors (Lipinski definition) is 2. The van der Waals surface area contributed by atoms with E-state index < -0.39 is 5.97 Å². The largest absolute Gasteiger partial charge is 0.507 e. The number of aromatic carboxylic acids is 1. The van der Waals surface area contributed by atoms with Crippen molar-refractivity contribution in [2.24, 2.45) is 0 Å². The van der Waals surface area contributed by atoms with Crippen molar-refractivity contribution in [1.29, 1.82) is 0 Å². The van der Waals surface area contributed by atoms with Crippen LogP contribution in [0.4, 0.5) is 0 Å². The maximum absolute atomic E-state index is 10.9. The molecule has 0 bridgehead atoms. The molecule has 0 aliphatic rings. The highest BCUT2D eigenvalue weighted by Crippen LogP contribution is 2.34. The number of carboxylic acid groups (broad SMARTS) is 1. The molecule has 2 N–H and O–H groups in total. The number of benzene rings is 2.